The van der Waals surface area contributed by atoms with E-state index in [4.69, 9.17) is 4.74 Å². The first kappa shape index (κ1) is 12.0. The monoisotopic (exact) mass is 234 g/mol. The summed E-state index contributed by atoms with van der Waals surface area (Å²) in [6, 6.07) is 3.61. The fourth-order valence-electron chi connectivity index (χ4n) is 2.03. The highest BCUT2D eigenvalue weighted by molar-refractivity contribution is 5.95. The summed E-state index contributed by atoms with van der Waals surface area (Å²) in [7, 11) is 0. The summed E-state index contributed by atoms with van der Waals surface area (Å²) in [5, 5.41) is 2.91. The highest BCUT2D eigenvalue weighted by atomic mass is 16.5. The number of aryl methyl sites for hydroxylation is 1. The van der Waals surface area contributed by atoms with E-state index >= 15 is 0 Å². The number of pyridine rings is 1. The number of hydrogen-bond acceptors (Lipinski definition) is 3. The van der Waals surface area contributed by atoms with Gasteiger partial charge in [0.1, 0.15) is 0 Å². The zero-order chi connectivity index (χ0) is 12.1. The third-order valence-corrected chi connectivity index (χ3v) is 2.98. The smallest absolute Gasteiger partial charge is 0.253 e. The molecule has 2 rings (SSSR count). The number of rotatable bonds is 4. The summed E-state index contributed by atoms with van der Waals surface area (Å²) in [6.07, 6.45) is 4.79. The van der Waals surface area contributed by atoms with Gasteiger partial charge in [-0.15, -0.1) is 0 Å². The van der Waals surface area contributed by atoms with E-state index in [1.807, 2.05) is 13.0 Å². The van der Waals surface area contributed by atoms with Gasteiger partial charge in [-0.2, -0.15) is 0 Å². The van der Waals surface area contributed by atoms with E-state index < -0.39 is 0 Å². The number of amides is 1. The lowest BCUT2D eigenvalue weighted by Gasteiger charge is -2.12. The van der Waals surface area contributed by atoms with Gasteiger partial charge in [-0.25, -0.2) is 0 Å². The highest BCUT2D eigenvalue weighted by Crippen LogP contribution is 2.11. The van der Waals surface area contributed by atoms with Gasteiger partial charge in [-0.05, 0) is 31.4 Å². The standard InChI is InChI=1S/C13H18N2O2/c1-2-12-11(6-3-7-14-12)13(16)15-9-10-5-4-8-17-10/h3,6-7,10H,2,4-5,8-9H2,1H3,(H,15,16). The van der Waals surface area contributed by atoms with Gasteiger partial charge in [0, 0.05) is 19.3 Å². The molecule has 0 bridgehead atoms. The van der Waals surface area contributed by atoms with Crippen molar-refractivity contribution in [2.75, 3.05) is 13.2 Å². The Morgan fingerprint density at radius 3 is 3.24 bits per heavy atom. The summed E-state index contributed by atoms with van der Waals surface area (Å²) in [5.74, 6) is -0.0505. The van der Waals surface area contributed by atoms with Crippen molar-refractivity contribution in [1.82, 2.24) is 10.3 Å². The van der Waals surface area contributed by atoms with Crippen LogP contribution in [0.1, 0.15) is 35.8 Å². The minimum Gasteiger partial charge on any atom is -0.376 e. The van der Waals surface area contributed by atoms with Gasteiger partial charge in [-0.1, -0.05) is 6.92 Å². The Hall–Kier alpha value is -1.42. The van der Waals surface area contributed by atoms with Crippen LogP contribution in [0.15, 0.2) is 18.3 Å². The minimum atomic E-state index is -0.0505. The SMILES string of the molecule is CCc1ncccc1C(=O)NCC1CCCO1. The molecule has 1 aliphatic rings. The fourth-order valence-corrected chi connectivity index (χ4v) is 2.03. The molecule has 4 heteroatoms. The molecule has 92 valence electrons. The Morgan fingerprint density at radius 2 is 2.53 bits per heavy atom. The minimum absolute atomic E-state index is 0.0505. The van der Waals surface area contributed by atoms with Gasteiger partial charge in [0.2, 0.25) is 0 Å². The largest absolute Gasteiger partial charge is 0.376 e. The van der Waals surface area contributed by atoms with E-state index in [0.717, 1.165) is 31.6 Å². The van der Waals surface area contributed by atoms with E-state index in [1.165, 1.54) is 0 Å². The predicted octanol–water partition coefficient (Wildman–Crippen LogP) is 1.55. The number of carbonyl (C=O) groups is 1. The third-order valence-electron chi connectivity index (χ3n) is 2.98. The van der Waals surface area contributed by atoms with E-state index in [2.05, 4.69) is 10.3 Å². The zero-order valence-electron chi connectivity index (χ0n) is 10.1. The molecule has 1 N–H and O–H groups in total. The molecule has 0 aromatic carbocycles. The van der Waals surface area contributed by atoms with Crippen LogP contribution in [0.25, 0.3) is 0 Å². The number of aromatic nitrogens is 1. The van der Waals surface area contributed by atoms with Crippen molar-refractivity contribution in [3.8, 4) is 0 Å². The van der Waals surface area contributed by atoms with Crippen molar-refractivity contribution >= 4 is 5.91 Å². The lowest BCUT2D eigenvalue weighted by atomic mass is 10.1. The molecular weight excluding hydrogens is 216 g/mol. The van der Waals surface area contributed by atoms with Crippen LogP contribution < -0.4 is 5.32 Å². The molecule has 0 saturated carbocycles. The lowest BCUT2D eigenvalue weighted by molar-refractivity contribution is 0.0856. The van der Waals surface area contributed by atoms with Gasteiger partial charge in [0.25, 0.3) is 5.91 Å². The molecule has 1 unspecified atom stereocenters. The first-order chi connectivity index (χ1) is 8.31. The molecule has 1 fully saturated rings. The van der Waals surface area contributed by atoms with Crippen LogP contribution in [0.2, 0.25) is 0 Å². The first-order valence-electron chi connectivity index (χ1n) is 6.15. The van der Waals surface area contributed by atoms with Crippen molar-refractivity contribution in [3.63, 3.8) is 0 Å². The Labute approximate surface area is 101 Å². The number of hydrogen-bond donors (Lipinski definition) is 1. The molecule has 2 heterocycles. The average Bonchev–Trinajstić information content (AvgIpc) is 2.89. The van der Waals surface area contributed by atoms with Gasteiger partial charge in [0.05, 0.1) is 17.4 Å². The van der Waals surface area contributed by atoms with Gasteiger partial charge < -0.3 is 10.1 Å². The second kappa shape index (κ2) is 5.77. The van der Waals surface area contributed by atoms with Gasteiger partial charge in [-0.3, -0.25) is 9.78 Å². The summed E-state index contributed by atoms with van der Waals surface area (Å²) >= 11 is 0. The van der Waals surface area contributed by atoms with Gasteiger partial charge >= 0.3 is 0 Å². The van der Waals surface area contributed by atoms with Crippen molar-refractivity contribution in [2.24, 2.45) is 0 Å². The summed E-state index contributed by atoms with van der Waals surface area (Å²) in [6.45, 7) is 3.41. The van der Waals surface area contributed by atoms with Crippen LogP contribution in [0.5, 0.6) is 0 Å². The molecule has 0 radical (unpaired) electrons. The van der Waals surface area contributed by atoms with Crippen molar-refractivity contribution in [3.05, 3.63) is 29.6 Å². The topological polar surface area (TPSA) is 51.2 Å². The molecule has 1 aromatic heterocycles. The van der Waals surface area contributed by atoms with Crippen LogP contribution in [-0.4, -0.2) is 30.1 Å². The number of ether oxygens (including phenoxy) is 1. The van der Waals surface area contributed by atoms with Crippen molar-refractivity contribution in [1.29, 1.82) is 0 Å². The quantitative estimate of drug-likeness (QED) is 0.860. The van der Waals surface area contributed by atoms with E-state index in [0.29, 0.717) is 12.1 Å². The Balaban J connectivity index is 1.94. The number of nitrogens with zero attached hydrogens (tertiary/aromatic N) is 1. The summed E-state index contributed by atoms with van der Waals surface area (Å²) in [4.78, 5) is 16.2. The maximum Gasteiger partial charge on any atom is 0.253 e. The Bertz CT molecular complexity index is 387. The van der Waals surface area contributed by atoms with E-state index in [9.17, 15) is 4.79 Å². The maximum absolute atomic E-state index is 12.0. The molecule has 4 nitrogen and oxygen atoms in total. The molecule has 1 atom stereocenters. The molecule has 0 aliphatic carbocycles. The molecule has 1 amide bonds. The average molecular weight is 234 g/mol. The second-order valence-corrected chi connectivity index (χ2v) is 4.20. The van der Waals surface area contributed by atoms with Crippen LogP contribution in [0, 0.1) is 0 Å². The van der Waals surface area contributed by atoms with Crippen LogP contribution >= 0.6 is 0 Å². The Morgan fingerprint density at radius 1 is 1.65 bits per heavy atom. The van der Waals surface area contributed by atoms with E-state index in [1.54, 1.807) is 12.3 Å². The van der Waals surface area contributed by atoms with Crippen molar-refractivity contribution in [2.45, 2.75) is 32.3 Å². The molecule has 17 heavy (non-hydrogen) atoms. The highest BCUT2D eigenvalue weighted by Gasteiger charge is 2.17. The lowest BCUT2D eigenvalue weighted by Crippen LogP contribution is -2.32. The third kappa shape index (κ3) is 3.03. The van der Waals surface area contributed by atoms with Crippen LogP contribution in [-0.2, 0) is 11.2 Å². The zero-order valence-corrected chi connectivity index (χ0v) is 10.1. The first-order valence-corrected chi connectivity index (χ1v) is 6.15. The normalized spacial score (nSPS) is 19.2. The van der Waals surface area contributed by atoms with Crippen LogP contribution in [0.3, 0.4) is 0 Å². The number of carbonyl (C=O) groups excluding carboxylic acids is 1. The summed E-state index contributed by atoms with van der Waals surface area (Å²) in [5.41, 5.74) is 1.52. The molecular formula is C13H18N2O2. The predicted molar refractivity (Wildman–Crippen MR) is 64.9 cm³/mol. The van der Waals surface area contributed by atoms with Crippen LogP contribution in [0.4, 0.5) is 0 Å². The number of nitrogens with one attached hydrogen (secondary N) is 1. The molecule has 1 saturated heterocycles. The molecule has 1 aliphatic heterocycles. The van der Waals surface area contributed by atoms with E-state index in [-0.39, 0.29) is 12.0 Å². The molecule has 1 aromatic rings. The Kier molecular flexibility index (Phi) is 4.09. The van der Waals surface area contributed by atoms with Crippen molar-refractivity contribution < 1.29 is 9.53 Å². The maximum atomic E-state index is 12.0. The summed E-state index contributed by atoms with van der Waals surface area (Å²) < 4.78 is 5.47. The fraction of sp³-hybridized carbons (Fsp3) is 0.538. The van der Waals surface area contributed by atoms with Gasteiger partial charge in [0.15, 0.2) is 0 Å². The second-order valence-electron chi connectivity index (χ2n) is 4.20. The molecule has 0 spiro atoms.